The van der Waals surface area contributed by atoms with E-state index in [1.807, 2.05) is 0 Å². The minimum Gasteiger partial charge on any atom is -0.459 e. The zero-order valence-corrected chi connectivity index (χ0v) is 18.5. The molecule has 19 heteroatoms. The van der Waals surface area contributed by atoms with Crippen LogP contribution in [-0.2, 0) is 9.53 Å². The molecule has 0 N–H and O–H groups in total. The number of alkyl halides is 17. The van der Waals surface area contributed by atoms with Crippen molar-refractivity contribution in [3.05, 3.63) is 0 Å². The molecule has 4 rings (SSSR count). The number of hydrogen-bond acceptors (Lipinski definition) is 2. The molecule has 0 heterocycles. The van der Waals surface area contributed by atoms with E-state index >= 15 is 0 Å². The molecule has 4 saturated carbocycles. The van der Waals surface area contributed by atoms with E-state index in [4.69, 9.17) is 0 Å². The average molecular weight is 598 g/mol. The number of carbonyl (C=O) groups excluding carboxylic acids is 1. The molecule has 0 aromatic carbocycles. The molecule has 0 amide bonds. The fraction of sp³-hybridized carbons (Fsp3) is 0.947. The van der Waals surface area contributed by atoms with Crippen molar-refractivity contribution in [2.45, 2.75) is 67.9 Å². The summed E-state index contributed by atoms with van der Waals surface area (Å²) in [6, 6.07) is 0. The largest absolute Gasteiger partial charge is 0.460 e. The van der Waals surface area contributed by atoms with Crippen molar-refractivity contribution < 1.29 is 84.2 Å². The average Bonchev–Trinajstić information content (AvgIpc) is 3.04. The first-order valence-corrected chi connectivity index (χ1v) is 10.4. The first kappa shape index (κ1) is 30.8. The number of esters is 1. The Labute approximate surface area is 200 Å². The van der Waals surface area contributed by atoms with Crippen LogP contribution in [0.4, 0.5) is 74.6 Å². The third-order valence-electron chi connectivity index (χ3n) is 8.18. The lowest BCUT2D eigenvalue weighted by Crippen LogP contribution is -2.74. The summed E-state index contributed by atoms with van der Waals surface area (Å²) >= 11 is 0. The topological polar surface area (TPSA) is 26.3 Å². The van der Waals surface area contributed by atoms with Gasteiger partial charge in [-0.3, -0.25) is 4.79 Å². The van der Waals surface area contributed by atoms with Crippen LogP contribution in [0, 0.1) is 35.0 Å². The predicted octanol–water partition coefficient (Wildman–Crippen LogP) is 7.08. The molecule has 6 atom stereocenters. The first-order chi connectivity index (χ1) is 16.5. The maximum atomic E-state index is 14.0. The second kappa shape index (κ2) is 7.72. The maximum Gasteiger partial charge on any atom is 0.460 e. The summed E-state index contributed by atoms with van der Waals surface area (Å²) in [5.41, 5.74) is -1.49. The highest BCUT2D eigenvalue weighted by Crippen LogP contribution is 2.83. The van der Waals surface area contributed by atoms with E-state index in [2.05, 4.69) is 4.74 Å². The van der Waals surface area contributed by atoms with Gasteiger partial charge in [0.05, 0.1) is 5.41 Å². The zero-order chi connectivity index (χ0) is 30.1. The van der Waals surface area contributed by atoms with Gasteiger partial charge in [0.15, 0.2) is 6.61 Å². The van der Waals surface area contributed by atoms with Gasteiger partial charge < -0.3 is 4.74 Å². The summed E-state index contributed by atoms with van der Waals surface area (Å²) < 4.78 is 230. The van der Waals surface area contributed by atoms with Gasteiger partial charge in [-0.25, -0.2) is 0 Å². The van der Waals surface area contributed by atoms with Crippen LogP contribution in [0.5, 0.6) is 0 Å². The second-order valence-electron chi connectivity index (χ2n) is 9.84. The normalized spacial score (nSPS) is 32.6. The molecule has 4 bridgehead atoms. The van der Waals surface area contributed by atoms with E-state index in [0.29, 0.717) is 6.42 Å². The molecule has 0 aromatic heterocycles. The van der Waals surface area contributed by atoms with E-state index in [9.17, 15) is 79.4 Å². The summed E-state index contributed by atoms with van der Waals surface area (Å²) in [6.45, 7) is -0.0362. The second-order valence-corrected chi connectivity index (χ2v) is 9.84. The summed E-state index contributed by atoms with van der Waals surface area (Å²) in [4.78, 5) is 12.4. The van der Waals surface area contributed by atoms with Crippen molar-refractivity contribution in [2.75, 3.05) is 6.61 Å². The number of carbonyl (C=O) groups is 1. The smallest absolute Gasteiger partial charge is 0.459 e. The minimum atomic E-state index is -8.69. The Kier molecular flexibility index (Phi) is 6.26. The molecule has 0 aliphatic heterocycles. The van der Waals surface area contributed by atoms with Crippen LogP contribution >= 0.6 is 0 Å². The molecule has 0 aromatic rings. The molecule has 38 heavy (non-hydrogen) atoms. The fourth-order valence-corrected chi connectivity index (χ4v) is 6.13. The monoisotopic (exact) mass is 598 g/mol. The van der Waals surface area contributed by atoms with Crippen LogP contribution < -0.4 is 0 Å². The number of hydrogen-bond donors (Lipinski definition) is 0. The lowest BCUT2D eigenvalue weighted by molar-refractivity contribution is -0.462. The van der Waals surface area contributed by atoms with E-state index in [1.54, 1.807) is 6.92 Å². The van der Waals surface area contributed by atoms with Gasteiger partial charge in [-0.1, -0.05) is 13.8 Å². The Morgan fingerprint density at radius 2 is 1.08 bits per heavy atom. The molecular weight excluding hydrogens is 583 g/mol. The predicted molar refractivity (Wildman–Crippen MR) is 87.5 cm³/mol. The Hall–Kier alpha value is -1.72. The van der Waals surface area contributed by atoms with E-state index in [0.717, 1.165) is 0 Å². The van der Waals surface area contributed by atoms with Crippen LogP contribution in [0.3, 0.4) is 0 Å². The lowest BCUT2D eigenvalue weighted by Gasteiger charge is -2.42. The summed E-state index contributed by atoms with van der Waals surface area (Å²) in [5, 5.41) is 0. The molecule has 0 radical (unpaired) electrons. The van der Waals surface area contributed by atoms with Gasteiger partial charge in [0.25, 0.3) is 0 Å². The zero-order valence-electron chi connectivity index (χ0n) is 18.5. The van der Waals surface area contributed by atoms with Crippen LogP contribution in [0.1, 0.15) is 20.3 Å². The number of ether oxygens (including phenoxy) is 1. The number of halogens is 17. The van der Waals surface area contributed by atoms with E-state index in [1.165, 1.54) is 6.92 Å². The lowest BCUT2D eigenvalue weighted by atomic mass is 9.89. The van der Waals surface area contributed by atoms with Crippen LogP contribution in [-0.4, -0.2) is 60.2 Å². The quantitative estimate of drug-likeness (QED) is 0.210. The first-order valence-electron chi connectivity index (χ1n) is 10.4. The van der Waals surface area contributed by atoms with Crippen molar-refractivity contribution >= 4 is 5.97 Å². The van der Waals surface area contributed by atoms with Crippen LogP contribution in [0.15, 0.2) is 0 Å². The van der Waals surface area contributed by atoms with Gasteiger partial charge in [-0.05, 0) is 36.0 Å². The van der Waals surface area contributed by atoms with Gasteiger partial charge in [0.1, 0.15) is 0 Å². The van der Waals surface area contributed by atoms with Crippen molar-refractivity contribution in [2.24, 2.45) is 35.0 Å². The Balaban J connectivity index is 1.88. The molecule has 4 fully saturated rings. The highest BCUT2D eigenvalue weighted by molar-refractivity contribution is 5.84. The molecule has 6 unspecified atom stereocenters. The summed E-state index contributed by atoms with van der Waals surface area (Å²) in [6.07, 6.45) is -7.41. The molecule has 4 aliphatic rings. The highest BCUT2D eigenvalue weighted by atomic mass is 19.4. The molecule has 222 valence electrons. The maximum absolute atomic E-state index is 14.0. The standard InChI is InChI=1S/C19H15F17O2/c1-5-7-3-8-9(5)12(8,6(7)2)10(37)38-4-11(20,21)13(22,23)14(24,25)15(26,27)16(28,29)17(30,31)18(32,33)19(34,35)36/h5-9H,3-4H2,1-2H3. The molecule has 2 nitrogen and oxygen atoms in total. The molecule has 0 saturated heterocycles. The van der Waals surface area contributed by atoms with Gasteiger partial charge in [0, 0.05) is 0 Å². The number of rotatable bonds is 9. The highest BCUT2D eigenvalue weighted by Gasteiger charge is 2.95. The molecule has 4 aliphatic carbocycles. The van der Waals surface area contributed by atoms with Crippen molar-refractivity contribution in [3.8, 4) is 0 Å². The van der Waals surface area contributed by atoms with Crippen molar-refractivity contribution in [1.82, 2.24) is 0 Å². The van der Waals surface area contributed by atoms with Crippen molar-refractivity contribution in [1.29, 1.82) is 0 Å². The van der Waals surface area contributed by atoms with Gasteiger partial charge in [-0.2, -0.15) is 74.6 Å². The minimum absolute atomic E-state index is 0.124. The third-order valence-corrected chi connectivity index (χ3v) is 8.18. The van der Waals surface area contributed by atoms with Crippen molar-refractivity contribution in [3.63, 3.8) is 0 Å². The summed E-state index contributed by atoms with van der Waals surface area (Å²) in [5.74, 6) is -60.5. The fourth-order valence-electron chi connectivity index (χ4n) is 6.13. The Bertz CT molecular complexity index is 982. The van der Waals surface area contributed by atoms with E-state index in [-0.39, 0.29) is 11.8 Å². The summed E-state index contributed by atoms with van der Waals surface area (Å²) in [7, 11) is 0. The van der Waals surface area contributed by atoms with E-state index < -0.39 is 83.4 Å². The SMILES string of the molecule is CC1C2CC3C1C3(C(=O)OCC(F)(F)C(F)(F)C(F)(F)C(F)(F)C(F)(F)C(F)(F)C(F)(F)C(F)(F)F)C2C. The van der Waals surface area contributed by atoms with Crippen LogP contribution in [0.2, 0.25) is 0 Å². The van der Waals surface area contributed by atoms with Gasteiger partial charge >= 0.3 is 53.6 Å². The third kappa shape index (κ3) is 3.18. The Morgan fingerprint density at radius 3 is 1.39 bits per heavy atom. The van der Waals surface area contributed by atoms with Gasteiger partial charge in [0.2, 0.25) is 0 Å². The van der Waals surface area contributed by atoms with Gasteiger partial charge in [-0.15, -0.1) is 0 Å². The van der Waals surface area contributed by atoms with Crippen LogP contribution in [0.25, 0.3) is 0 Å². The Morgan fingerprint density at radius 1 is 0.684 bits per heavy atom. The molecule has 0 spiro atoms. The molecular formula is C19H15F17O2.